The first-order valence-electron chi connectivity index (χ1n) is 8.61. The summed E-state index contributed by atoms with van der Waals surface area (Å²) in [5.41, 5.74) is 1.14. The topological polar surface area (TPSA) is 83.5 Å². The summed E-state index contributed by atoms with van der Waals surface area (Å²) in [6, 6.07) is 14.3. The van der Waals surface area contributed by atoms with Crippen molar-refractivity contribution in [2.75, 3.05) is 26.2 Å². The maximum atomic E-state index is 12.8. The van der Waals surface area contributed by atoms with Gasteiger partial charge >= 0.3 is 0 Å². The van der Waals surface area contributed by atoms with Gasteiger partial charge in [0.15, 0.2) is 0 Å². The van der Waals surface area contributed by atoms with E-state index in [4.69, 9.17) is 0 Å². The van der Waals surface area contributed by atoms with Gasteiger partial charge in [0.05, 0.1) is 5.52 Å². The van der Waals surface area contributed by atoms with Gasteiger partial charge in [0.1, 0.15) is 10.6 Å². The second-order valence-corrected chi connectivity index (χ2v) is 8.21. The van der Waals surface area contributed by atoms with Crippen LogP contribution in [0, 0.1) is 0 Å². The number of rotatable bonds is 3. The van der Waals surface area contributed by atoms with E-state index in [1.807, 2.05) is 30.3 Å². The van der Waals surface area contributed by atoms with Crippen molar-refractivity contribution >= 4 is 26.8 Å². The molecule has 0 bridgehead atoms. The summed E-state index contributed by atoms with van der Waals surface area (Å²) in [5, 5.41) is 0.974. The molecule has 0 N–H and O–H groups in total. The lowest BCUT2D eigenvalue weighted by Crippen LogP contribution is -2.50. The van der Waals surface area contributed by atoms with Gasteiger partial charge in [-0.05, 0) is 24.3 Å². The minimum absolute atomic E-state index is 0.168. The lowest BCUT2D eigenvalue weighted by Gasteiger charge is -2.33. The molecule has 27 heavy (non-hydrogen) atoms. The highest BCUT2D eigenvalue weighted by atomic mass is 32.2. The minimum Gasteiger partial charge on any atom is -0.335 e. The molecule has 0 aliphatic carbocycles. The van der Waals surface area contributed by atoms with Crippen molar-refractivity contribution in [3.05, 3.63) is 66.6 Å². The summed E-state index contributed by atoms with van der Waals surface area (Å²) in [7, 11) is -3.59. The Kier molecular flexibility index (Phi) is 4.59. The molecule has 1 aliphatic rings. The molecule has 0 spiro atoms. The monoisotopic (exact) mass is 382 g/mol. The van der Waals surface area contributed by atoms with E-state index in [2.05, 4.69) is 9.97 Å². The number of para-hydroxylation sites is 1. The van der Waals surface area contributed by atoms with E-state index in [0.717, 1.165) is 10.9 Å². The number of carbonyl (C=O) groups excluding carboxylic acids is 1. The molecule has 1 amide bonds. The first kappa shape index (κ1) is 17.6. The van der Waals surface area contributed by atoms with Crippen molar-refractivity contribution in [3.8, 4) is 0 Å². The Morgan fingerprint density at radius 1 is 0.926 bits per heavy atom. The number of amides is 1. The smallest absolute Gasteiger partial charge is 0.272 e. The van der Waals surface area contributed by atoms with Crippen molar-refractivity contribution in [1.29, 1.82) is 0 Å². The van der Waals surface area contributed by atoms with Crippen LogP contribution in [-0.4, -0.2) is 59.7 Å². The van der Waals surface area contributed by atoms with E-state index in [9.17, 15) is 13.2 Å². The first-order valence-corrected chi connectivity index (χ1v) is 10.0. The fourth-order valence-electron chi connectivity index (χ4n) is 3.13. The molecule has 0 unspecified atom stereocenters. The summed E-state index contributed by atoms with van der Waals surface area (Å²) in [5.74, 6) is -0.181. The van der Waals surface area contributed by atoms with Crippen molar-refractivity contribution in [2.24, 2.45) is 0 Å². The summed E-state index contributed by atoms with van der Waals surface area (Å²) in [4.78, 5) is 22.9. The van der Waals surface area contributed by atoms with Gasteiger partial charge in [-0.25, -0.2) is 13.4 Å². The molecule has 4 rings (SSSR count). The van der Waals surface area contributed by atoms with Crippen molar-refractivity contribution < 1.29 is 13.2 Å². The minimum atomic E-state index is -3.59. The van der Waals surface area contributed by atoms with E-state index in [1.165, 1.54) is 22.8 Å². The van der Waals surface area contributed by atoms with Gasteiger partial charge in [0.25, 0.3) is 5.91 Å². The van der Waals surface area contributed by atoms with Crippen molar-refractivity contribution in [3.63, 3.8) is 0 Å². The standard InChI is InChI=1S/C19H18N4O3S/c24-19(18-8-7-15-4-1-2-6-17(15)21-18)22-10-12-23(13-11-22)27(25,26)16-5-3-9-20-14-16/h1-9,14H,10-13H2. The van der Waals surface area contributed by atoms with Crippen LogP contribution in [0.3, 0.4) is 0 Å². The zero-order chi connectivity index (χ0) is 18.9. The molecule has 0 atom stereocenters. The van der Waals surface area contributed by atoms with Crippen LogP contribution in [0.15, 0.2) is 65.8 Å². The van der Waals surface area contributed by atoms with Crippen LogP contribution in [0.25, 0.3) is 10.9 Å². The predicted molar refractivity (Wildman–Crippen MR) is 101 cm³/mol. The number of nitrogens with zero attached hydrogens (tertiary/aromatic N) is 4. The summed E-state index contributed by atoms with van der Waals surface area (Å²) in [6.07, 6.45) is 2.87. The third-order valence-corrected chi connectivity index (χ3v) is 6.50. The number of fused-ring (bicyclic) bond motifs is 1. The molecule has 3 heterocycles. The van der Waals surface area contributed by atoms with Gasteiger partial charge in [-0.1, -0.05) is 24.3 Å². The molecule has 1 aromatic carbocycles. The fourth-order valence-corrected chi connectivity index (χ4v) is 4.51. The quantitative estimate of drug-likeness (QED) is 0.689. The lowest BCUT2D eigenvalue weighted by atomic mass is 10.2. The number of aromatic nitrogens is 2. The Bertz CT molecular complexity index is 1080. The van der Waals surface area contributed by atoms with E-state index in [-0.39, 0.29) is 23.9 Å². The van der Waals surface area contributed by atoms with Crippen LogP contribution < -0.4 is 0 Å². The molecule has 0 saturated carbocycles. The Balaban J connectivity index is 1.47. The van der Waals surface area contributed by atoms with Gasteiger partial charge in [-0.15, -0.1) is 0 Å². The second kappa shape index (κ2) is 7.05. The molecule has 2 aromatic heterocycles. The highest BCUT2D eigenvalue weighted by Crippen LogP contribution is 2.18. The van der Waals surface area contributed by atoms with Gasteiger partial charge < -0.3 is 4.90 Å². The van der Waals surface area contributed by atoms with E-state index in [1.54, 1.807) is 17.0 Å². The SMILES string of the molecule is O=C(c1ccc2ccccc2n1)N1CCN(S(=O)(=O)c2cccnc2)CC1. The molecule has 1 saturated heterocycles. The second-order valence-electron chi connectivity index (χ2n) is 6.27. The number of hydrogen-bond acceptors (Lipinski definition) is 5. The van der Waals surface area contributed by atoms with Gasteiger partial charge in [-0.2, -0.15) is 4.31 Å². The number of benzene rings is 1. The predicted octanol–water partition coefficient (Wildman–Crippen LogP) is 1.78. The average molecular weight is 382 g/mol. The molecule has 3 aromatic rings. The Labute approximate surface area is 157 Å². The third kappa shape index (κ3) is 3.41. The Morgan fingerprint density at radius 3 is 2.44 bits per heavy atom. The molecular weight excluding hydrogens is 364 g/mol. The largest absolute Gasteiger partial charge is 0.335 e. The van der Waals surface area contributed by atoms with Crippen LogP contribution in [0.5, 0.6) is 0 Å². The van der Waals surface area contributed by atoms with Crippen molar-refractivity contribution in [1.82, 2.24) is 19.2 Å². The van der Waals surface area contributed by atoms with Gasteiger partial charge in [0, 0.05) is 44.0 Å². The number of hydrogen-bond donors (Lipinski definition) is 0. The van der Waals surface area contributed by atoms with Crippen LogP contribution >= 0.6 is 0 Å². The van der Waals surface area contributed by atoms with Gasteiger partial charge in [-0.3, -0.25) is 9.78 Å². The van der Waals surface area contributed by atoms with Crippen LogP contribution in [0.4, 0.5) is 0 Å². The van der Waals surface area contributed by atoms with Crippen LogP contribution in [0.1, 0.15) is 10.5 Å². The number of pyridine rings is 2. The molecular formula is C19H18N4O3S. The Morgan fingerprint density at radius 2 is 1.70 bits per heavy atom. The molecule has 1 aliphatic heterocycles. The zero-order valence-electron chi connectivity index (χ0n) is 14.5. The maximum Gasteiger partial charge on any atom is 0.272 e. The molecule has 7 nitrogen and oxygen atoms in total. The fraction of sp³-hybridized carbons (Fsp3) is 0.211. The molecule has 8 heteroatoms. The first-order chi connectivity index (χ1) is 13.1. The van der Waals surface area contributed by atoms with Gasteiger partial charge in [0.2, 0.25) is 10.0 Å². The highest BCUT2D eigenvalue weighted by molar-refractivity contribution is 7.89. The summed E-state index contributed by atoms with van der Waals surface area (Å²) in [6.45, 7) is 1.15. The molecule has 138 valence electrons. The normalized spacial score (nSPS) is 15.8. The number of carbonyl (C=O) groups is 1. The van der Waals surface area contributed by atoms with Crippen molar-refractivity contribution in [2.45, 2.75) is 4.90 Å². The summed E-state index contributed by atoms with van der Waals surface area (Å²) < 4.78 is 26.7. The Hall–Kier alpha value is -2.84. The maximum absolute atomic E-state index is 12.8. The zero-order valence-corrected chi connectivity index (χ0v) is 15.3. The lowest BCUT2D eigenvalue weighted by molar-refractivity contribution is 0.0692. The van der Waals surface area contributed by atoms with Crippen LogP contribution in [-0.2, 0) is 10.0 Å². The highest BCUT2D eigenvalue weighted by Gasteiger charge is 2.30. The number of piperazine rings is 1. The van der Waals surface area contributed by atoms with E-state index < -0.39 is 10.0 Å². The molecule has 0 radical (unpaired) electrons. The average Bonchev–Trinajstić information content (AvgIpc) is 2.73. The molecule has 1 fully saturated rings. The third-order valence-electron chi connectivity index (χ3n) is 4.62. The van der Waals surface area contributed by atoms with E-state index >= 15 is 0 Å². The number of sulfonamides is 1. The van der Waals surface area contributed by atoms with Crippen LogP contribution in [0.2, 0.25) is 0 Å². The van der Waals surface area contributed by atoms with E-state index in [0.29, 0.717) is 18.8 Å². The summed E-state index contributed by atoms with van der Waals surface area (Å²) >= 11 is 0.